The van der Waals surface area contributed by atoms with E-state index in [1.54, 1.807) is 22.7 Å². The van der Waals surface area contributed by atoms with Crippen LogP contribution in [0.3, 0.4) is 0 Å². The summed E-state index contributed by atoms with van der Waals surface area (Å²) in [6.45, 7) is 19.4. The first-order chi connectivity index (χ1) is 19.1. The maximum absolute atomic E-state index is 6.24. The van der Waals surface area contributed by atoms with Crippen LogP contribution in [0.5, 0.6) is 0 Å². The third kappa shape index (κ3) is 7.96. The van der Waals surface area contributed by atoms with Crippen molar-refractivity contribution in [2.45, 2.75) is 45.8 Å². The summed E-state index contributed by atoms with van der Waals surface area (Å²) in [7, 11) is 0. The molecule has 2 fully saturated rings. The van der Waals surface area contributed by atoms with Crippen LogP contribution in [0.25, 0.3) is 0 Å². The number of morpholine rings is 1. The molecular formula is C28H42N8OS2. The van der Waals surface area contributed by atoms with E-state index < -0.39 is 0 Å². The van der Waals surface area contributed by atoms with Gasteiger partial charge in [-0.25, -0.2) is 15.0 Å². The third-order valence-electron chi connectivity index (χ3n) is 7.59. The maximum Gasteiger partial charge on any atom is 0.149 e. The summed E-state index contributed by atoms with van der Waals surface area (Å²) in [6.07, 6.45) is 3.06. The number of rotatable bonds is 10. The third-order valence-corrected chi connectivity index (χ3v) is 9.37. The molecule has 3 aliphatic rings. The van der Waals surface area contributed by atoms with Gasteiger partial charge in [-0.1, -0.05) is 19.9 Å². The van der Waals surface area contributed by atoms with Crippen LogP contribution < -0.4 is 5.73 Å². The van der Waals surface area contributed by atoms with Crippen LogP contribution in [-0.4, -0.2) is 102 Å². The number of unbranched alkanes of at least 4 members (excludes halogenated alkanes) is 1. The van der Waals surface area contributed by atoms with E-state index >= 15 is 0 Å². The highest BCUT2D eigenvalue weighted by atomic mass is 32.1. The van der Waals surface area contributed by atoms with Gasteiger partial charge in [0.15, 0.2) is 0 Å². The number of hydrogen-bond acceptors (Lipinski definition) is 11. The van der Waals surface area contributed by atoms with E-state index in [-0.39, 0.29) is 0 Å². The Balaban J connectivity index is 1.18. The van der Waals surface area contributed by atoms with Crippen molar-refractivity contribution in [1.29, 1.82) is 0 Å². The minimum absolute atomic E-state index is 0.392. The van der Waals surface area contributed by atoms with Gasteiger partial charge < -0.3 is 15.4 Å². The van der Waals surface area contributed by atoms with E-state index in [0.29, 0.717) is 11.5 Å². The summed E-state index contributed by atoms with van der Waals surface area (Å²) < 4.78 is 5.47. The number of nitrogens with zero attached hydrogens (tertiary/aromatic N) is 7. The van der Waals surface area contributed by atoms with Crippen LogP contribution >= 0.6 is 22.7 Å². The van der Waals surface area contributed by atoms with Gasteiger partial charge >= 0.3 is 0 Å². The fourth-order valence-corrected chi connectivity index (χ4v) is 6.78. The Morgan fingerprint density at radius 1 is 0.974 bits per heavy atom. The Labute approximate surface area is 240 Å². The summed E-state index contributed by atoms with van der Waals surface area (Å²) in [5.41, 5.74) is 8.86. The monoisotopic (exact) mass is 570 g/mol. The number of fused-ring (bicyclic) bond motifs is 1. The minimum atomic E-state index is 0.392. The highest BCUT2D eigenvalue weighted by Gasteiger charge is 2.22. The number of amidine groups is 2. The lowest BCUT2D eigenvalue weighted by Gasteiger charge is -2.36. The summed E-state index contributed by atoms with van der Waals surface area (Å²) in [5.74, 6) is 1.41. The number of aliphatic imine (C=N–C) groups is 2. The average Bonchev–Trinajstić information content (AvgIpc) is 3.59. The fraction of sp³-hybridized carbons (Fsp3) is 0.607. The highest BCUT2D eigenvalue weighted by molar-refractivity contribution is 7.10. The molecule has 2 N–H and O–H groups in total. The molecule has 39 heavy (non-hydrogen) atoms. The second kappa shape index (κ2) is 14.0. The molecule has 3 aliphatic heterocycles. The van der Waals surface area contributed by atoms with Gasteiger partial charge in [-0.3, -0.25) is 14.7 Å². The first-order valence-electron chi connectivity index (χ1n) is 14.2. The molecule has 0 radical (unpaired) electrons. The van der Waals surface area contributed by atoms with Crippen molar-refractivity contribution in [2.24, 2.45) is 15.7 Å². The molecule has 9 nitrogen and oxygen atoms in total. The summed E-state index contributed by atoms with van der Waals surface area (Å²) in [6, 6.07) is 2.03. The SMILES string of the molecule is C=C1N=C(CCCC)N(Cc2nc(CN3CCN(CCN4CCOCC4)CC3)cs2)Cc2sccc2N=C1N. The van der Waals surface area contributed by atoms with Crippen LogP contribution in [0.15, 0.2) is 39.1 Å². The van der Waals surface area contributed by atoms with Gasteiger partial charge in [-0.05, 0) is 17.9 Å². The standard InChI is InChI=1S/C28H42N8OS2/c1-3-4-5-26-30-22(2)28(29)32-24-6-17-38-25(24)19-36(26)20-27-31-23(21-39-27)18-35-11-9-33(10-12-35)7-8-34-13-15-37-16-14-34/h6,17,21H,2-5,7-16,18-20H2,1H3,(H2,29,32). The van der Waals surface area contributed by atoms with Crippen LogP contribution in [0.2, 0.25) is 0 Å². The maximum atomic E-state index is 6.24. The highest BCUT2D eigenvalue weighted by Crippen LogP contribution is 2.30. The molecule has 212 valence electrons. The molecule has 5 heterocycles. The number of hydrogen-bond donors (Lipinski definition) is 1. The van der Waals surface area contributed by atoms with E-state index in [9.17, 15) is 0 Å². The number of thiophene rings is 1. The molecule has 2 aromatic heterocycles. The molecule has 0 aromatic carbocycles. The minimum Gasteiger partial charge on any atom is -0.382 e. The lowest BCUT2D eigenvalue weighted by atomic mass is 10.2. The zero-order chi connectivity index (χ0) is 27.0. The largest absolute Gasteiger partial charge is 0.382 e. The van der Waals surface area contributed by atoms with Crippen molar-refractivity contribution < 1.29 is 4.74 Å². The van der Waals surface area contributed by atoms with Crippen LogP contribution in [0, 0.1) is 0 Å². The summed E-state index contributed by atoms with van der Waals surface area (Å²) in [4.78, 5) is 25.7. The molecule has 11 heteroatoms. The van der Waals surface area contributed by atoms with Crippen LogP contribution in [0.1, 0.15) is 41.8 Å². The molecule has 2 aromatic rings. The van der Waals surface area contributed by atoms with Gasteiger partial charge in [0.25, 0.3) is 0 Å². The fourth-order valence-electron chi connectivity index (χ4n) is 5.16. The van der Waals surface area contributed by atoms with Gasteiger partial charge in [0, 0.05) is 75.6 Å². The molecule has 0 spiro atoms. The number of nitrogens with two attached hydrogens (primary N) is 1. The Hall–Kier alpha value is -2.15. The topological polar surface area (TPSA) is 85.8 Å². The molecular weight excluding hydrogens is 528 g/mol. The smallest absolute Gasteiger partial charge is 0.149 e. The Bertz CT molecular complexity index is 1140. The van der Waals surface area contributed by atoms with Gasteiger partial charge in [0.2, 0.25) is 0 Å². The quantitative estimate of drug-likeness (QED) is 0.466. The zero-order valence-electron chi connectivity index (χ0n) is 23.2. The summed E-state index contributed by atoms with van der Waals surface area (Å²) >= 11 is 3.47. The second-order valence-electron chi connectivity index (χ2n) is 10.5. The lowest BCUT2D eigenvalue weighted by Crippen LogP contribution is -2.49. The number of thiazole rings is 1. The average molecular weight is 571 g/mol. The summed E-state index contributed by atoms with van der Waals surface area (Å²) in [5, 5.41) is 5.43. The molecule has 5 rings (SSSR count). The molecule has 0 aliphatic carbocycles. The predicted octanol–water partition coefficient (Wildman–Crippen LogP) is 3.76. The van der Waals surface area contributed by atoms with E-state index in [0.717, 1.165) is 121 Å². The molecule has 2 saturated heterocycles. The van der Waals surface area contributed by atoms with E-state index in [2.05, 4.69) is 48.9 Å². The number of aromatic nitrogens is 1. The Morgan fingerprint density at radius 2 is 1.72 bits per heavy atom. The van der Waals surface area contributed by atoms with Gasteiger partial charge in [-0.2, -0.15) is 0 Å². The van der Waals surface area contributed by atoms with Crippen molar-refractivity contribution in [3.63, 3.8) is 0 Å². The Morgan fingerprint density at radius 3 is 2.49 bits per heavy atom. The van der Waals surface area contributed by atoms with E-state index in [1.165, 1.54) is 10.6 Å². The number of ether oxygens (including phenoxy) is 1. The van der Waals surface area contributed by atoms with Crippen molar-refractivity contribution in [3.05, 3.63) is 44.7 Å². The van der Waals surface area contributed by atoms with Crippen molar-refractivity contribution in [1.82, 2.24) is 24.6 Å². The Kier molecular flexibility index (Phi) is 10.2. The normalized spacial score (nSPS) is 20.2. The number of piperazine rings is 1. The van der Waals surface area contributed by atoms with Crippen molar-refractivity contribution in [2.75, 3.05) is 65.6 Å². The molecule has 0 atom stereocenters. The molecule has 0 unspecified atom stereocenters. The molecule has 0 bridgehead atoms. The van der Waals surface area contributed by atoms with Gasteiger partial charge in [0.1, 0.15) is 16.7 Å². The van der Waals surface area contributed by atoms with Gasteiger partial charge in [-0.15, -0.1) is 22.7 Å². The van der Waals surface area contributed by atoms with Crippen LogP contribution in [-0.2, 0) is 24.4 Å². The first-order valence-corrected chi connectivity index (χ1v) is 15.9. The van der Waals surface area contributed by atoms with Crippen LogP contribution in [0.4, 0.5) is 5.69 Å². The molecule has 0 saturated carbocycles. The first kappa shape index (κ1) is 28.4. The zero-order valence-corrected chi connectivity index (χ0v) is 24.8. The van der Waals surface area contributed by atoms with Gasteiger partial charge in [0.05, 0.1) is 43.4 Å². The van der Waals surface area contributed by atoms with Crippen molar-refractivity contribution >= 4 is 40.0 Å². The van der Waals surface area contributed by atoms with E-state index in [4.69, 9.17) is 20.4 Å². The second-order valence-corrected chi connectivity index (χ2v) is 12.4. The van der Waals surface area contributed by atoms with E-state index in [1.807, 2.05) is 6.07 Å². The lowest BCUT2D eigenvalue weighted by molar-refractivity contribution is 0.0296. The molecule has 0 amide bonds. The predicted molar refractivity (Wildman–Crippen MR) is 162 cm³/mol. The van der Waals surface area contributed by atoms with Crippen molar-refractivity contribution in [3.8, 4) is 0 Å².